The molecule has 2 heterocycles. The molecule has 0 saturated heterocycles. The Hall–Kier alpha value is -1.56. The molecule has 0 aliphatic rings. The summed E-state index contributed by atoms with van der Waals surface area (Å²) in [6, 6.07) is 20.3. The van der Waals surface area contributed by atoms with Crippen LogP contribution in [0.5, 0.6) is 0 Å². The number of para-hydroxylation sites is 1. The third kappa shape index (κ3) is 2.72. The molecule has 0 aliphatic carbocycles. The number of thiazole rings is 1. The van der Waals surface area contributed by atoms with E-state index in [2.05, 4.69) is 39.1 Å². The summed E-state index contributed by atoms with van der Waals surface area (Å²) in [5.74, 6) is 0.798. The van der Waals surface area contributed by atoms with E-state index < -0.39 is 0 Å². The smallest absolute Gasteiger partial charge is 0.180 e. The maximum atomic E-state index is 6.00. The van der Waals surface area contributed by atoms with Crippen molar-refractivity contribution in [1.82, 2.24) is 4.98 Å². The summed E-state index contributed by atoms with van der Waals surface area (Å²) >= 11 is 6.82. The maximum Gasteiger partial charge on any atom is 0.180 e. The number of hydrogen-bond acceptors (Lipinski definition) is 4. The molecule has 4 aromatic rings. The van der Waals surface area contributed by atoms with E-state index in [9.17, 15) is 0 Å². The molecule has 4 rings (SSSR count). The summed E-state index contributed by atoms with van der Waals surface area (Å²) in [5.41, 5.74) is 1.01. The van der Waals surface area contributed by atoms with Crippen LogP contribution >= 0.6 is 39.0 Å². The lowest BCUT2D eigenvalue weighted by Crippen LogP contribution is -1.70. The Morgan fingerprint density at radius 1 is 1.00 bits per heavy atom. The Kier molecular flexibility index (Phi) is 3.78. The quantitative estimate of drug-likeness (QED) is 0.402. The Bertz CT molecular complexity index is 897. The Morgan fingerprint density at radius 3 is 2.59 bits per heavy atom. The van der Waals surface area contributed by atoms with Gasteiger partial charge in [-0.2, -0.15) is 0 Å². The molecule has 0 fully saturated rings. The van der Waals surface area contributed by atoms with Crippen molar-refractivity contribution in [2.24, 2.45) is 0 Å². The van der Waals surface area contributed by atoms with Gasteiger partial charge in [0.1, 0.15) is 0 Å². The summed E-state index contributed by atoms with van der Waals surface area (Å²) < 4.78 is 8.12. The fourth-order valence-electron chi connectivity index (χ4n) is 2.10. The molecule has 108 valence electrons. The number of hydrogen-bond donors (Lipinski definition) is 0. The van der Waals surface area contributed by atoms with Crippen LogP contribution in [0.25, 0.3) is 21.0 Å². The van der Waals surface area contributed by atoms with E-state index in [4.69, 9.17) is 4.42 Å². The first-order valence-electron chi connectivity index (χ1n) is 6.68. The van der Waals surface area contributed by atoms with Crippen LogP contribution in [0.3, 0.4) is 0 Å². The van der Waals surface area contributed by atoms with Gasteiger partial charge in [-0.1, -0.05) is 42.1 Å². The van der Waals surface area contributed by atoms with Gasteiger partial charge in [-0.25, -0.2) is 4.98 Å². The molecule has 0 amide bonds. The number of fused-ring (bicyclic) bond motifs is 1. The average Bonchev–Trinajstić information content (AvgIpc) is 3.12. The highest BCUT2D eigenvalue weighted by atomic mass is 79.9. The SMILES string of the molecule is Brc1cc(-c2nc3ccccc3s2)oc1Sc1ccccc1. The van der Waals surface area contributed by atoms with Crippen molar-refractivity contribution >= 4 is 49.2 Å². The normalized spacial score (nSPS) is 11.1. The van der Waals surface area contributed by atoms with E-state index in [-0.39, 0.29) is 0 Å². The highest BCUT2D eigenvalue weighted by molar-refractivity contribution is 9.10. The topological polar surface area (TPSA) is 26.0 Å². The number of nitrogens with zero attached hydrogens (tertiary/aromatic N) is 1. The van der Waals surface area contributed by atoms with Crippen molar-refractivity contribution in [3.05, 3.63) is 65.1 Å². The molecule has 0 N–H and O–H groups in total. The Morgan fingerprint density at radius 2 is 1.77 bits per heavy atom. The monoisotopic (exact) mass is 387 g/mol. The molecular formula is C17H10BrNOS2. The van der Waals surface area contributed by atoms with E-state index in [1.807, 2.05) is 42.5 Å². The second-order valence-electron chi connectivity index (χ2n) is 4.65. The first-order valence-corrected chi connectivity index (χ1v) is 9.10. The summed E-state index contributed by atoms with van der Waals surface area (Å²) in [7, 11) is 0. The van der Waals surface area contributed by atoms with Gasteiger partial charge in [0, 0.05) is 11.0 Å². The molecule has 5 heteroatoms. The molecule has 22 heavy (non-hydrogen) atoms. The highest BCUT2D eigenvalue weighted by Crippen LogP contribution is 2.40. The largest absolute Gasteiger partial charge is 0.446 e. The van der Waals surface area contributed by atoms with Crippen LogP contribution in [0.2, 0.25) is 0 Å². The summed E-state index contributed by atoms with van der Waals surface area (Å²) in [6.45, 7) is 0. The van der Waals surface area contributed by atoms with Gasteiger partial charge in [0.25, 0.3) is 0 Å². The maximum absolute atomic E-state index is 6.00. The number of halogens is 1. The van der Waals surface area contributed by atoms with Gasteiger partial charge in [-0.05, 0) is 40.2 Å². The highest BCUT2D eigenvalue weighted by Gasteiger charge is 2.15. The molecule has 0 radical (unpaired) electrons. The van der Waals surface area contributed by atoms with E-state index in [0.29, 0.717) is 0 Å². The van der Waals surface area contributed by atoms with Crippen LogP contribution < -0.4 is 0 Å². The number of rotatable bonds is 3. The molecule has 2 aromatic heterocycles. The molecular weight excluding hydrogens is 378 g/mol. The zero-order valence-corrected chi connectivity index (χ0v) is 14.5. The third-order valence-electron chi connectivity index (χ3n) is 3.11. The van der Waals surface area contributed by atoms with Crippen molar-refractivity contribution in [1.29, 1.82) is 0 Å². The summed E-state index contributed by atoms with van der Waals surface area (Å²) in [5, 5.41) is 1.75. The molecule has 0 unspecified atom stereocenters. The number of furan rings is 1. The second-order valence-corrected chi connectivity index (χ2v) is 7.58. The van der Waals surface area contributed by atoms with E-state index in [1.54, 1.807) is 23.1 Å². The Labute approximate surface area is 144 Å². The standard InChI is InChI=1S/C17H10BrNOS2/c18-12-10-14(16-19-13-8-4-5-9-15(13)22-16)20-17(12)21-11-6-2-1-3-7-11/h1-10H. The first kappa shape index (κ1) is 14.1. The van der Waals surface area contributed by atoms with Gasteiger partial charge in [0.15, 0.2) is 15.9 Å². The summed E-state index contributed by atoms with van der Waals surface area (Å²) in [6.07, 6.45) is 0. The predicted octanol–water partition coefficient (Wildman–Crippen LogP) is 6.47. The van der Waals surface area contributed by atoms with Gasteiger partial charge in [0.2, 0.25) is 0 Å². The second kappa shape index (κ2) is 5.91. The lowest BCUT2D eigenvalue weighted by Gasteiger charge is -1.97. The Balaban J connectivity index is 1.70. The molecule has 0 atom stereocenters. The molecule has 0 bridgehead atoms. The van der Waals surface area contributed by atoms with Crippen LogP contribution in [0.15, 0.2) is 79.5 Å². The lowest BCUT2D eigenvalue weighted by atomic mass is 10.3. The number of aromatic nitrogens is 1. The predicted molar refractivity (Wildman–Crippen MR) is 95.6 cm³/mol. The van der Waals surface area contributed by atoms with Gasteiger partial charge in [0.05, 0.1) is 14.7 Å². The fraction of sp³-hybridized carbons (Fsp3) is 0. The molecule has 2 aromatic carbocycles. The molecule has 0 saturated carbocycles. The zero-order valence-electron chi connectivity index (χ0n) is 11.3. The lowest BCUT2D eigenvalue weighted by molar-refractivity contribution is 0.484. The van der Waals surface area contributed by atoms with Crippen molar-refractivity contribution in [3.8, 4) is 10.8 Å². The minimum Gasteiger partial charge on any atom is -0.446 e. The van der Waals surface area contributed by atoms with Crippen LogP contribution in [0.1, 0.15) is 0 Å². The van der Waals surface area contributed by atoms with E-state index in [0.717, 1.165) is 30.7 Å². The minimum absolute atomic E-state index is 0.798. The van der Waals surface area contributed by atoms with Crippen LogP contribution in [-0.2, 0) is 0 Å². The van der Waals surface area contributed by atoms with Crippen molar-refractivity contribution in [2.45, 2.75) is 9.99 Å². The van der Waals surface area contributed by atoms with Gasteiger partial charge < -0.3 is 4.42 Å². The van der Waals surface area contributed by atoms with Crippen LogP contribution in [-0.4, -0.2) is 4.98 Å². The van der Waals surface area contributed by atoms with Crippen LogP contribution in [0.4, 0.5) is 0 Å². The van der Waals surface area contributed by atoms with Gasteiger partial charge in [-0.15, -0.1) is 11.3 Å². The molecule has 2 nitrogen and oxygen atoms in total. The average molecular weight is 388 g/mol. The number of benzene rings is 2. The fourth-order valence-corrected chi connectivity index (χ4v) is 4.35. The van der Waals surface area contributed by atoms with Crippen molar-refractivity contribution in [3.63, 3.8) is 0 Å². The third-order valence-corrected chi connectivity index (χ3v) is 6.01. The van der Waals surface area contributed by atoms with Gasteiger partial charge in [-0.3, -0.25) is 0 Å². The van der Waals surface area contributed by atoms with Gasteiger partial charge >= 0.3 is 0 Å². The minimum atomic E-state index is 0.798. The first-order chi connectivity index (χ1) is 10.8. The van der Waals surface area contributed by atoms with Crippen molar-refractivity contribution in [2.75, 3.05) is 0 Å². The van der Waals surface area contributed by atoms with Crippen molar-refractivity contribution < 1.29 is 4.42 Å². The zero-order chi connectivity index (χ0) is 14.9. The summed E-state index contributed by atoms with van der Waals surface area (Å²) in [4.78, 5) is 5.79. The van der Waals surface area contributed by atoms with E-state index in [1.165, 1.54) is 4.70 Å². The van der Waals surface area contributed by atoms with E-state index >= 15 is 0 Å². The molecule has 0 spiro atoms. The van der Waals surface area contributed by atoms with Crippen LogP contribution in [0, 0.1) is 0 Å². The molecule has 0 aliphatic heterocycles.